The minimum absolute atomic E-state index is 0.471. The molecule has 2 aromatic rings. The van der Waals surface area contributed by atoms with Crippen LogP contribution < -0.4 is 0 Å². The minimum Gasteiger partial charge on any atom is -0.480 e. The zero-order valence-electron chi connectivity index (χ0n) is 12.9. The summed E-state index contributed by atoms with van der Waals surface area (Å²) in [7, 11) is 1.26. The number of aliphatic carboxylic acids is 1. The number of benzene rings is 2. The number of rotatable bonds is 3. The van der Waals surface area contributed by atoms with E-state index >= 15 is 0 Å². The molecule has 0 unspecified atom stereocenters. The standard InChI is InChI=1S/C18H17NO4/c1-11(17(20)21)19(18(22)23-2)16-14-9-5-3-7-12(14)13-8-4-6-10-15(13)16/h3-11,16H,1-2H3,(H,20,21)/t11-/m1/s1. The van der Waals surface area contributed by atoms with Gasteiger partial charge in [0.05, 0.1) is 13.2 Å². The largest absolute Gasteiger partial charge is 0.480 e. The molecule has 3 rings (SSSR count). The van der Waals surface area contributed by atoms with Crippen molar-refractivity contribution >= 4 is 12.1 Å². The van der Waals surface area contributed by atoms with Crippen molar-refractivity contribution in [3.63, 3.8) is 0 Å². The smallest absolute Gasteiger partial charge is 0.411 e. The highest BCUT2D eigenvalue weighted by Crippen LogP contribution is 2.46. The average Bonchev–Trinajstić information content (AvgIpc) is 2.90. The van der Waals surface area contributed by atoms with Gasteiger partial charge in [0, 0.05) is 0 Å². The average molecular weight is 311 g/mol. The highest BCUT2D eigenvalue weighted by atomic mass is 16.5. The Balaban J connectivity index is 2.20. The van der Waals surface area contributed by atoms with Crippen LogP contribution in [0.4, 0.5) is 4.79 Å². The van der Waals surface area contributed by atoms with E-state index < -0.39 is 24.1 Å². The molecule has 5 nitrogen and oxygen atoms in total. The van der Waals surface area contributed by atoms with Crippen molar-refractivity contribution in [2.24, 2.45) is 0 Å². The van der Waals surface area contributed by atoms with Crippen molar-refractivity contribution in [3.05, 3.63) is 59.7 Å². The van der Waals surface area contributed by atoms with Gasteiger partial charge in [-0.3, -0.25) is 4.90 Å². The van der Waals surface area contributed by atoms with Crippen LogP contribution in [0.2, 0.25) is 0 Å². The monoisotopic (exact) mass is 311 g/mol. The Bertz CT molecular complexity index is 726. The van der Waals surface area contributed by atoms with Gasteiger partial charge in [0.25, 0.3) is 0 Å². The predicted octanol–water partition coefficient (Wildman–Crippen LogP) is 3.30. The van der Waals surface area contributed by atoms with E-state index in [4.69, 9.17) is 4.74 Å². The molecule has 0 bridgehead atoms. The molecule has 23 heavy (non-hydrogen) atoms. The molecule has 0 spiro atoms. The van der Waals surface area contributed by atoms with Crippen LogP contribution in [0, 0.1) is 0 Å². The molecule has 2 aromatic carbocycles. The first-order chi connectivity index (χ1) is 11.1. The molecule has 0 saturated carbocycles. The van der Waals surface area contributed by atoms with Crippen LogP contribution in [0.25, 0.3) is 11.1 Å². The maximum atomic E-state index is 12.3. The number of amides is 1. The fourth-order valence-electron chi connectivity index (χ4n) is 3.14. The molecular weight excluding hydrogens is 294 g/mol. The molecule has 5 heteroatoms. The third kappa shape index (κ3) is 2.34. The van der Waals surface area contributed by atoms with E-state index in [0.717, 1.165) is 22.3 Å². The predicted molar refractivity (Wildman–Crippen MR) is 85.1 cm³/mol. The second-order valence-electron chi connectivity index (χ2n) is 5.47. The summed E-state index contributed by atoms with van der Waals surface area (Å²) in [6.07, 6.45) is -0.656. The van der Waals surface area contributed by atoms with E-state index in [-0.39, 0.29) is 0 Å². The van der Waals surface area contributed by atoms with E-state index in [1.54, 1.807) is 0 Å². The maximum Gasteiger partial charge on any atom is 0.411 e. The van der Waals surface area contributed by atoms with Gasteiger partial charge in [0.15, 0.2) is 0 Å². The van der Waals surface area contributed by atoms with Gasteiger partial charge in [-0.25, -0.2) is 9.59 Å². The number of ether oxygens (including phenoxy) is 1. The van der Waals surface area contributed by atoms with Gasteiger partial charge in [-0.2, -0.15) is 0 Å². The summed E-state index contributed by atoms with van der Waals surface area (Å²) < 4.78 is 4.85. The molecule has 0 aromatic heterocycles. The van der Waals surface area contributed by atoms with Crippen molar-refractivity contribution in [1.82, 2.24) is 4.90 Å². The number of fused-ring (bicyclic) bond motifs is 3. The van der Waals surface area contributed by atoms with Crippen LogP contribution in [-0.2, 0) is 9.53 Å². The van der Waals surface area contributed by atoms with Crippen molar-refractivity contribution in [2.75, 3.05) is 7.11 Å². The van der Waals surface area contributed by atoms with Crippen LogP contribution in [0.1, 0.15) is 24.1 Å². The van der Waals surface area contributed by atoms with E-state index in [9.17, 15) is 14.7 Å². The number of carbonyl (C=O) groups is 2. The SMILES string of the molecule is COC(=O)N(C1c2ccccc2-c2ccccc21)[C@H](C)C(=O)O. The summed E-state index contributed by atoms with van der Waals surface area (Å²) in [6.45, 7) is 1.49. The second-order valence-corrected chi connectivity index (χ2v) is 5.47. The molecular formula is C18H17NO4. The Morgan fingerprint density at radius 3 is 1.96 bits per heavy atom. The summed E-state index contributed by atoms with van der Waals surface area (Å²) in [6, 6.07) is 14.0. The third-order valence-corrected chi connectivity index (χ3v) is 4.24. The van der Waals surface area contributed by atoms with Gasteiger partial charge >= 0.3 is 12.1 Å². The number of nitrogens with zero attached hydrogens (tertiary/aromatic N) is 1. The summed E-state index contributed by atoms with van der Waals surface area (Å²) in [4.78, 5) is 25.1. The highest BCUT2D eigenvalue weighted by molar-refractivity contribution is 5.84. The molecule has 1 amide bonds. The number of carboxylic acids is 1. The van der Waals surface area contributed by atoms with Gasteiger partial charge in [-0.05, 0) is 29.2 Å². The quantitative estimate of drug-likeness (QED) is 0.944. The van der Waals surface area contributed by atoms with Gasteiger partial charge in [0.1, 0.15) is 6.04 Å². The van der Waals surface area contributed by atoms with Crippen LogP contribution >= 0.6 is 0 Å². The first-order valence-corrected chi connectivity index (χ1v) is 7.33. The molecule has 0 saturated heterocycles. The topological polar surface area (TPSA) is 66.8 Å². The number of methoxy groups -OCH3 is 1. The number of carboxylic acid groups (broad SMARTS) is 1. The highest BCUT2D eigenvalue weighted by Gasteiger charge is 2.40. The third-order valence-electron chi connectivity index (χ3n) is 4.24. The fraction of sp³-hybridized carbons (Fsp3) is 0.222. The van der Waals surface area contributed by atoms with Crippen molar-refractivity contribution in [3.8, 4) is 11.1 Å². The summed E-state index contributed by atoms with van der Waals surface area (Å²) in [5.41, 5.74) is 3.85. The van der Waals surface area contributed by atoms with Crippen LogP contribution in [0.5, 0.6) is 0 Å². The van der Waals surface area contributed by atoms with Crippen molar-refractivity contribution in [1.29, 1.82) is 0 Å². The Morgan fingerprint density at radius 1 is 1.04 bits per heavy atom. The lowest BCUT2D eigenvalue weighted by Gasteiger charge is -2.32. The van der Waals surface area contributed by atoms with Gasteiger partial charge in [0.2, 0.25) is 0 Å². The summed E-state index contributed by atoms with van der Waals surface area (Å²) >= 11 is 0. The van der Waals surface area contributed by atoms with Gasteiger partial charge in [-0.15, -0.1) is 0 Å². The first-order valence-electron chi connectivity index (χ1n) is 7.33. The minimum atomic E-state index is -1.07. The van der Waals surface area contributed by atoms with Crippen molar-refractivity contribution in [2.45, 2.75) is 19.0 Å². The summed E-state index contributed by atoms with van der Waals surface area (Å²) in [5.74, 6) is -1.07. The molecule has 1 atom stereocenters. The van der Waals surface area contributed by atoms with Crippen molar-refractivity contribution < 1.29 is 19.4 Å². The number of carbonyl (C=O) groups excluding carboxylic acids is 1. The van der Waals surface area contributed by atoms with Crippen LogP contribution in [0.3, 0.4) is 0 Å². The van der Waals surface area contributed by atoms with E-state index in [1.165, 1.54) is 18.9 Å². The van der Waals surface area contributed by atoms with Gasteiger partial charge in [-0.1, -0.05) is 48.5 Å². The number of hydrogen-bond acceptors (Lipinski definition) is 3. The lowest BCUT2D eigenvalue weighted by Crippen LogP contribution is -2.45. The molecule has 0 aliphatic heterocycles. The molecule has 1 aliphatic rings. The van der Waals surface area contributed by atoms with Crippen LogP contribution in [0.15, 0.2) is 48.5 Å². The molecule has 0 radical (unpaired) electrons. The zero-order chi connectivity index (χ0) is 16.6. The van der Waals surface area contributed by atoms with E-state index in [0.29, 0.717) is 0 Å². The lowest BCUT2D eigenvalue weighted by molar-refractivity contribution is -0.142. The zero-order valence-corrected chi connectivity index (χ0v) is 12.9. The Kier molecular flexibility index (Phi) is 3.78. The second kappa shape index (κ2) is 5.76. The molecule has 0 fully saturated rings. The van der Waals surface area contributed by atoms with Crippen LogP contribution in [-0.4, -0.2) is 35.2 Å². The normalized spacial score (nSPS) is 13.8. The molecule has 1 aliphatic carbocycles. The first kappa shape index (κ1) is 15.1. The fourth-order valence-corrected chi connectivity index (χ4v) is 3.14. The molecule has 0 heterocycles. The molecule has 118 valence electrons. The summed E-state index contributed by atoms with van der Waals surface area (Å²) in [5, 5.41) is 9.40. The van der Waals surface area contributed by atoms with E-state index in [1.807, 2.05) is 48.5 Å². The van der Waals surface area contributed by atoms with Gasteiger partial charge < -0.3 is 9.84 Å². The Hall–Kier alpha value is -2.82. The lowest BCUT2D eigenvalue weighted by atomic mass is 10.0. The molecule has 1 N–H and O–H groups in total. The number of hydrogen-bond donors (Lipinski definition) is 1. The Morgan fingerprint density at radius 2 is 1.52 bits per heavy atom. The maximum absolute atomic E-state index is 12.3. The van der Waals surface area contributed by atoms with E-state index in [2.05, 4.69) is 0 Å². The Labute approximate surface area is 134 Å².